The van der Waals surface area contributed by atoms with Gasteiger partial charge in [-0.15, -0.1) is 10.2 Å². The van der Waals surface area contributed by atoms with Crippen molar-refractivity contribution in [2.24, 2.45) is 5.14 Å². The van der Waals surface area contributed by atoms with Crippen LogP contribution in [0.3, 0.4) is 0 Å². The average Bonchev–Trinajstić information content (AvgIpc) is 2.87. The van der Waals surface area contributed by atoms with E-state index in [-0.39, 0.29) is 21.6 Å². The van der Waals surface area contributed by atoms with Crippen LogP contribution < -0.4 is 15.7 Å². The van der Waals surface area contributed by atoms with Gasteiger partial charge in [0.1, 0.15) is 0 Å². The summed E-state index contributed by atoms with van der Waals surface area (Å²) in [6.45, 7) is 0. The first-order valence-corrected chi connectivity index (χ1v) is 7.57. The van der Waals surface area contributed by atoms with Crippen molar-refractivity contribution < 1.29 is 18.4 Å². The van der Waals surface area contributed by atoms with Gasteiger partial charge in [-0.25, -0.2) is 13.6 Å². The second-order valence-corrected chi connectivity index (χ2v) is 6.41. The highest BCUT2D eigenvalue weighted by molar-refractivity contribution is 7.91. The van der Waals surface area contributed by atoms with Gasteiger partial charge in [0.2, 0.25) is 9.47 Å². The van der Waals surface area contributed by atoms with Crippen LogP contribution in [0.4, 0.5) is 10.8 Å². The van der Waals surface area contributed by atoms with Crippen molar-refractivity contribution in [1.82, 2.24) is 10.2 Å². The van der Waals surface area contributed by atoms with Gasteiger partial charge in [0.25, 0.3) is 15.9 Å². The van der Waals surface area contributed by atoms with Crippen molar-refractivity contribution in [3.63, 3.8) is 0 Å². The number of sulfonamides is 1. The summed E-state index contributed by atoms with van der Waals surface area (Å²) in [4.78, 5) is 11.9. The lowest BCUT2D eigenvalue weighted by atomic mass is 10.2. The average molecular weight is 330 g/mol. The molecule has 1 heterocycles. The lowest BCUT2D eigenvalue weighted by Crippen LogP contribution is -2.13. The number of hydrogen-bond donors (Lipinski definition) is 3. The highest BCUT2D eigenvalue weighted by atomic mass is 32.2. The van der Waals surface area contributed by atoms with Crippen molar-refractivity contribution in [3.8, 4) is 0 Å². The van der Waals surface area contributed by atoms with Crippen LogP contribution in [-0.4, -0.2) is 29.7 Å². The molecule has 12 heteroatoms. The molecular weight excluding hydrogens is 322 g/mol. The maximum absolute atomic E-state index is 11.9. The summed E-state index contributed by atoms with van der Waals surface area (Å²) in [6.07, 6.45) is 0. The van der Waals surface area contributed by atoms with Crippen molar-refractivity contribution in [2.45, 2.75) is 4.34 Å². The quantitative estimate of drug-likeness (QED) is 0.526. The molecule has 0 saturated heterocycles. The minimum atomic E-state index is -3.99. The molecule has 1 amide bonds. The third kappa shape index (κ3) is 3.71. The smallest absolute Gasteiger partial charge is 0.267 e. The fourth-order valence-corrected chi connectivity index (χ4v) is 2.64. The highest BCUT2D eigenvalue weighted by Gasteiger charge is 2.17. The predicted molar refractivity (Wildman–Crippen MR) is 73.3 cm³/mol. The second-order valence-electron chi connectivity index (χ2n) is 3.70. The summed E-state index contributed by atoms with van der Waals surface area (Å²) in [5, 5.41) is 33.0. The van der Waals surface area contributed by atoms with E-state index in [1.54, 1.807) is 0 Å². The van der Waals surface area contributed by atoms with Gasteiger partial charge in [0, 0.05) is 5.56 Å². The zero-order valence-electron chi connectivity index (χ0n) is 10.1. The Balaban J connectivity index is 2.18. The summed E-state index contributed by atoms with van der Waals surface area (Å²) in [6, 6.07) is 5.23. The lowest BCUT2D eigenvalue weighted by Gasteiger charge is -2.21. The van der Waals surface area contributed by atoms with Crippen molar-refractivity contribution in [1.29, 1.82) is 0 Å². The summed E-state index contributed by atoms with van der Waals surface area (Å²) in [5.74, 6) is -0.657. The number of carbonyl (C=O) groups excluding carboxylic acids is 1. The number of primary sulfonamides is 1. The number of aromatic nitrogens is 2. The molecule has 0 radical (unpaired) electrons. The van der Waals surface area contributed by atoms with Gasteiger partial charge in [-0.3, -0.25) is 15.3 Å². The van der Waals surface area contributed by atoms with Crippen molar-refractivity contribution in [2.75, 3.05) is 10.5 Å². The summed E-state index contributed by atoms with van der Waals surface area (Å²) >= 11 is 0.585. The molecule has 0 unspecified atom stereocenters. The predicted octanol–water partition coefficient (Wildman–Crippen LogP) is 0.131. The van der Waals surface area contributed by atoms with Crippen LogP contribution in [0.5, 0.6) is 0 Å². The SMILES string of the molecule is NS(=O)(=O)c1nnc(NC(=O)c2cccc(N([O-])O)c2)s1. The molecule has 2 rings (SSSR count). The van der Waals surface area contributed by atoms with Crippen molar-refractivity contribution >= 4 is 38.1 Å². The van der Waals surface area contributed by atoms with E-state index in [9.17, 15) is 18.4 Å². The normalized spacial score (nSPS) is 11.2. The maximum atomic E-state index is 11.9. The van der Waals surface area contributed by atoms with Crippen LogP contribution in [0.25, 0.3) is 0 Å². The number of anilines is 2. The fourth-order valence-electron chi connectivity index (χ4n) is 1.31. The molecule has 1 aromatic carbocycles. The topological polar surface area (TPSA) is 162 Å². The molecule has 0 aliphatic heterocycles. The molecule has 10 nitrogen and oxygen atoms in total. The number of hydrogen-bond acceptors (Lipinski definition) is 9. The van der Waals surface area contributed by atoms with Crippen LogP contribution in [0, 0.1) is 5.21 Å². The first kappa shape index (κ1) is 15.3. The standard InChI is InChI=1S/C9H8N5O5S2/c10-21(18,19)9-13-12-8(20-9)11-7(15)5-2-1-3-6(4-5)14(16)17/h1-4,16H,(H2,10,18,19)(H,11,12,15)/q-1. The van der Waals surface area contributed by atoms with E-state index >= 15 is 0 Å². The molecule has 21 heavy (non-hydrogen) atoms. The molecule has 0 fully saturated rings. The minimum Gasteiger partial charge on any atom is -0.733 e. The van der Waals surface area contributed by atoms with E-state index in [2.05, 4.69) is 15.5 Å². The van der Waals surface area contributed by atoms with E-state index in [0.717, 1.165) is 6.07 Å². The number of nitrogens with zero attached hydrogens (tertiary/aromatic N) is 3. The second kappa shape index (κ2) is 5.71. The first-order valence-electron chi connectivity index (χ1n) is 5.21. The molecule has 0 aliphatic carbocycles. The summed E-state index contributed by atoms with van der Waals surface area (Å²) in [5.41, 5.74) is -0.0695. The fraction of sp³-hybridized carbons (Fsp3) is 0. The molecule has 2 aromatic rings. The van der Waals surface area contributed by atoms with Crippen LogP contribution >= 0.6 is 11.3 Å². The van der Waals surface area contributed by atoms with E-state index in [4.69, 9.17) is 10.3 Å². The van der Waals surface area contributed by atoms with Gasteiger partial charge in [-0.2, -0.15) is 0 Å². The number of nitrogens with one attached hydrogen (secondary N) is 1. The van der Waals surface area contributed by atoms with E-state index in [1.807, 2.05) is 0 Å². The van der Waals surface area contributed by atoms with Gasteiger partial charge >= 0.3 is 0 Å². The highest BCUT2D eigenvalue weighted by Crippen LogP contribution is 2.20. The van der Waals surface area contributed by atoms with E-state index in [1.165, 1.54) is 18.2 Å². The maximum Gasteiger partial charge on any atom is 0.267 e. The molecule has 0 saturated carbocycles. The Bertz CT molecular complexity index is 772. The Morgan fingerprint density at radius 3 is 2.71 bits per heavy atom. The van der Waals surface area contributed by atoms with Crippen molar-refractivity contribution in [3.05, 3.63) is 35.0 Å². The third-order valence-electron chi connectivity index (χ3n) is 2.20. The Kier molecular flexibility index (Phi) is 4.15. The summed E-state index contributed by atoms with van der Waals surface area (Å²) in [7, 11) is -3.99. The number of carbonyl (C=O) groups is 1. The van der Waals surface area contributed by atoms with Gasteiger partial charge in [-0.05, 0) is 18.2 Å². The molecule has 0 bridgehead atoms. The molecule has 0 aliphatic rings. The molecule has 1 aromatic heterocycles. The van der Waals surface area contributed by atoms with Crippen LogP contribution in [0.2, 0.25) is 0 Å². The molecule has 4 N–H and O–H groups in total. The minimum absolute atomic E-state index is 0.0646. The van der Waals surface area contributed by atoms with Crippen LogP contribution in [-0.2, 0) is 10.0 Å². The first-order chi connectivity index (χ1) is 9.77. The zero-order valence-corrected chi connectivity index (χ0v) is 11.8. The lowest BCUT2D eigenvalue weighted by molar-refractivity contribution is 0.102. The Morgan fingerprint density at radius 1 is 1.43 bits per heavy atom. The number of nitrogens with two attached hydrogens (primary N) is 1. The van der Waals surface area contributed by atoms with E-state index < -0.39 is 20.3 Å². The Hall–Kier alpha value is -2.12. The number of benzene rings is 1. The van der Waals surface area contributed by atoms with Gasteiger partial charge in [0.15, 0.2) is 0 Å². The van der Waals surface area contributed by atoms with Crippen LogP contribution in [0.15, 0.2) is 28.6 Å². The summed E-state index contributed by atoms with van der Waals surface area (Å²) < 4.78 is 21.6. The van der Waals surface area contributed by atoms with Gasteiger partial charge in [-0.1, -0.05) is 17.4 Å². The molecule has 112 valence electrons. The zero-order chi connectivity index (χ0) is 15.6. The third-order valence-corrected chi connectivity index (χ3v) is 4.35. The van der Waals surface area contributed by atoms with Gasteiger partial charge in [0.05, 0.1) is 5.69 Å². The van der Waals surface area contributed by atoms with E-state index in [0.29, 0.717) is 11.3 Å². The Morgan fingerprint density at radius 2 is 2.14 bits per heavy atom. The number of amides is 1. The van der Waals surface area contributed by atoms with Gasteiger partial charge < -0.3 is 10.4 Å². The Labute approximate surface area is 122 Å². The molecule has 0 spiro atoms. The largest absolute Gasteiger partial charge is 0.733 e. The number of rotatable bonds is 4. The molecular formula is C9H8N5O5S2-. The van der Waals surface area contributed by atoms with Crippen LogP contribution in [0.1, 0.15) is 10.4 Å². The molecule has 0 atom stereocenters. The monoisotopic (exact) mass is 330 g/mol.